The summed E-state index contributed by atoms with van der Waals surface area (Å²) >= 11 is 0. The van der Waals surface area contributed by atoms with Crippen molar-refractivity contribution < 1.29 is 9.90 Å². The molecule has 98 valence electrons. The molecular weight excluding hydrogens is 256 g/mol. The molecule has 0 saturated heterocycles. The predicted octanol–water partition coefficient (Wildman–Crippen LogP) is 1.79. The van der Waals surface area contributed by atoms with Crippen LogP contribution in [0.2, 0.25) is 0 Å². The lowest BCUT2D eigenvalue weighted by Crippen LogP contribution is -2.25. The summed E-state index contributed by atoms with van der Waals surface area (Å²) in [5, 5.41) is 27.3. The zero-order chi connectivity index (χ0) is 14.5. The summed E-state index contributed by atoms with van der Waals surface area (Å²) < 4.78 is 0. The average molecular weight is 266 g/mol. The molecule has 0 fully saturated rings. The maximum absolute atomic E-state index is 11.3. The van der Waals surface area contributed by atoms with Crippen LogP contribution in [0.3, 0.4) is 0 Å². The minimum Gasteiger partial charge on any atom is -0.478 e. The second-order valence-corrected chi connectivity index (χ2v) is 4.02. The van der Waals surface area contributed by atoms with E-state index in [1.807, 2.05) is 12.1 Å². The van der Waals surface area contributed by atoms with E-state index in [0.717, 1.165) is 0 Å². The maximum Gasteiger partial charge on any atom is 0.336 e. The van der Waals surface area contributed by atoms with Crippen molar-refractivity contribution in [2.24, 2.45) is 0 Å². The molecule has 0 atom stereocenters. The van der Waals surface area contributed by atoms with Crippen molar-refractivity contribution in [1.29, 1.82) is 10.5 Å². The SMILES string of the molecule is N#CCN(CC#N)c1cc(C(=O)O)c2ccccc2n1. The number of benzene rings is 1. The molecule has 1 N–H and O–H groups in total. The van der Waals surface area contributed by atoms with Crippen molar-refractivity contribution >= 4 is 22.7 Å². The van der Waals surface area contributed by atoms with Crippen LogP contribution in [0.1, 0.15) is 10.4 Å². The highest BCUT2D eigenvalue weighted by atomic mass is 16.4. The van der Waals surface area contributed by atoms with Crippen molar-refractivity contribution in [1.82, 2.24) is 4.98 Å². The number of aromatic carboxylic acids is 1. The molecule has 0 aliphatic rings. The molecule has 1 aromatic carbocycles. The first-order valence-corrected chi connectivity index (χ1v) is 5.79. The molecule has 0 aliphatic carbocycles. The van der Waals surface area contributed by atoms with Gasteiger partial charge in [0.05, 0.1) is 23.2 Å². The third-order valence-corrected chi connectivity index (χ3v) is 2.78. The molecule has 1 heterocycles. The molecule has 0 spiro atoms. The lowest BCUT2D eigenvalue weighted by molar-refractivity contribution is 0.0699. The van der Waals surface area contributed by atoms with Gasteiger partial charge in [0.1, 0.15) is 18.9 Å². The van der Waals surface area contributed by atoms with Crippen LogP contribution in [-0.2, 0) is 0 Å². The quantitative estimate of drug-likeness (QED) is 0.846. The van der Waals surface area contributed by atoms with E-state index in [2.05, 4.69) is 4.98 Å². The molecule has 20 heavy (non-hydrogen) atoms. The molecule has 0 amide bonds. The fraction of sp³-hybridized carbons (Fsp3) is 0.143. The molecule has 0 bridgehead atoms. The average Bonchev–Trinajstić information content (AvgIpc) is 2.45. The highest BCUT2D eigenvalue weighted by Crippen LogP contribution is 2.22. The van der Waals surface area contributed by atoms with Gasteiger partial charge >= 0.3 is 5.97 Å². The molecule has 6 heteroatoms. The summed E-state index contributed by atoms with van der Waals surface area (Å²) in [4.78, 5) is 17.1. The van der Waals surface area contributed by atoms with Crippen molar-refractivity contribution in [2.45, 2.75) is 0 Å². The topological polar surface area (TPSA) is 101 Å². The minimum atomic E-state index is -1.07. The Morgan fingerprint density at radius 3 is 2.50 bits per heavy atom. The van der Waals surface area contributed by atoms with Gasteiger partial charge in [-0.25, -0.2) is 9.78 Å². The standard InChI is InChI=1S/C14H10N4O2/c15-5-7-18(8-6-16)13-9-11(14(19)20)10-3-1-2-4-12(10)17-13/h1-4,9H,7-8H2,(H,19,20). The van der Waals surface area contributed by atoms with Crippen molar-refractivity contribution in [3.05, 3.63) is 35.9 Å². The van der Waals surface area contributed by atoms with E-state index in [1.54, 1.807) is 24.3 Å². The Hall–Kier alpha value is -3.12. The summed E-state index contributed by atoms with van der Waals surface area (Å²) in [6.45, 7) is -0.0596. The lowest BCUT2D eigenvalue weighted by atomic mass is 10.1. The van der Waals surface area contributed by atoms with Crippen LogP contribution < -0.4 is 4.90 Å². The highest BCUT2D eigenvalue weighted by molar-refractivity contribution is 6.03. The lowest BCUT2D eigenvalue weighted by Gasteiger charge is -2.18. The first-order valence-electron chi connectivity index (χ1n) is 5.79. The summed E-state index contributed by atoms with van der Waals surface area (Å²) in [7, 11) is 0. The molecule has 0 unspecified atom stereocenters. The fourth-order valence-corrected chi connectivity index (χ4v) is 1.89. The summed E-state index contributed by atoms with van der Waals surface area (Å²) in [6, 6.07) is 12.1. The summed E-state index contributed by atoms with van der Waals surface area (Å²) in [5.41, 5.74) is 0.620. The number of para-hydroxylation sites is 1. The van der Waals surface area contributed by atoms with Crippen LogP contribution in [0.4, 0.5) is 5.82 Å². The van der Waals surface area contributed by atoms with Gasteiger partial charge in [0.25, 0.3) is 0 Å². The third-order valence-electron chi connectivity index (χ3n) is 2.78. The monoisotopic (exact) mass is 266 g/mol. The number of hydrogen-bond donors (Lipinski definition) is 1. The van der Waals surface area contributed by atoms with E-state index in [0.29, 0.717) is 16.7 Å². The predicted molar refractivity (Wildman–Crippen MR) is 72.1 cm³/mol. The Bertz CT molecular complexity index is 727. The van der Waals surface area contributed by atoms with Gasteiger partial charge in [-0.05, 0) is 12.1 Å². The number of hydrogen-bond acceptors (Lipinski definition) is 5. The molecule has 1 aromatic heterocycles. The van der Waals surface area contributed by atoms with Gasteiger partial charge in [-0.1, -0.05) is 18.2 Å². The minimum absolute atomic E-state index is 0.0298. The molecule has 2 aromatic rings. The molecule has 0 saturated carbocycles. The number of carboxylic acid groups (broad SMARTS) is 1. The largest absolute Gasteiger partial charge is 0.478 e. The normalized spacial score (nSPS) is 9.70. The van der Waals surface area contributed by atoms with E-state index in [1.165, 1.54) is 11.0 Å². The van der Waals surface area contributed by atoms with Gasteiger partial charge in [-0.2, -0.15) is 10.5 Å². The van der Waals surface area contributed by atoms with Crippen LogP contribution in [-0.4, -0.2) is 29.1 Å². The molecule has 0 radical (unpaired) electrons. The maximum atomic E-state index is 11.3. The van der Waals surface area contributed by atoms with Crippen molar-refractivity contribution in [2.75, 3.05) is 18.0 Å². The van der Waals surface area contributed by atoms with E-state index in [-0.39, 0.29) is 18.7 Å². The van der Waals surface area contributed by atoms with Crippen LogP contribution in [0.15, 0.2) is 30.3 Å². The fourth-order valence-electron chi connectivity index (χ4n) is 1.89. The van der Waals surface area contributed by atoms with Gasteiger partial charge in [-0.15, -0.1) is 0 Å². The summed E-state index contributed by atoms with van der Waals surface area (Å²) in [5.74, 6) is -0.761. The Morgan fingerprint density at radius 2 is 1.90 bits per heavy atom. The van der Waals surface area contributed by atoms with Crippen molar-refractivity contribution in [3.63, 3.8) is 0 Å². The smallest absolute Gasteiger partial charge is 0.336 e. The number of nitriles is 2. The number of pyridine rings is 1. The number of anilines is 1. The number of carbonyl (C=O) groups is 1. The van der Waals surface area contributed by atoms with Crippen LogP contribution in [0.5, 0.6) is 0 Å². The van der Waals surface area contributed by atoms with Gasteiger partial charge in [0.2, 0.25) is 0 Å². The Balaban J connectivity index is 2.63. The van der Waals surface area contributed by atoms with Gasteiger partial charge < -0.3 is 10.0 Å². The van der Waals surface area contributed by atoms with Gasteiger partial charge in [0, 0.05) is 5.39 Å². The first kappa shape index (κ1) is 13.3. The van der Waals surface area contributed by atoms with Crippen LogP contribution in [0, 0.1) is 22.7 Å². The number of fused-ring (bicyclic) bond motifs is 1. The van der Waals surface area contributed by atoms with Crippen molar-refractivity contribution in [3.8, 4) is 12.1 Å². The zero-order valence-electron chi connectivity index (χ0n) is 10.4. The van der Waals surface area contributed by atoms with Crippen LogP contribution in [0.25, 0.3) is 10.9 Å². The molecule has 0 aliphatic heterocycles. The van der Waals surface area contributed by atoms with E-state index in [9.17, 15) is 9.90 Å². The Labute approximate surface area is 115 Å². The Kier molecular flexibility index (Phi) is 3.78. The second kappa shape index (κ2) is 5.68. The number of aromatic nitrogens is 1. The highest BCUT2D eigenvalue weighted by Gasteiger charge is 2.15. The number of rotatable bonds is 4. The summed E-state index contributed by atoms with van der Waals surface area (Å²) in [6.07, 6.45) is 0. The zero-order valence-corrected chi connectivity index (χ0v) is 10.4. The molecule has 6 nitrogen and oxygen atoms in total. The number of carboxylic acids is 1. The van der Waals surface area contributed by atoms with Gasteiger partial charge in [-0.3, -0.25) is 0 Å². The second-order valence-electron chi connectivity index (χ2n) is 4.02. The first-order chi connectivity index (χ1) is 9.67. The molecule has 2 rings (SSSR count). The van der Waals surface area contributed by atoms with Crippen LogP contribution >= 0.6 is 0 Å². The van der Waals surface area contributed by atoms with Gasteiger partial charge in [0.15, 0.2) is 0 Å². The van der Waals surface area contributed by atoms with E-state index in [4.69, 9.17) is 10.5 Å². The Morgan fingerprint density at radius 1 is 1.25 bits per heavy atom. The third kappa shape index (κ3) is 2.50. The van der Waals surface area contributed by atoms with E-state index < -0.39 is 5.97 Å². The van der Waals surface area contributed by atoms with E-state index >= 15 is 0 Å². The number of nitrogens with zero attached hydrogens (tertiary/aromatic N) is 4. The molecular formula is C14H10N4O2.